The summed E-state index contributed by atoms with van der Waals surface area (Å²) in [6.45, 7) is 0. The molecule has 7 heteroatoms. The van der Waals surface area contributed by atoms with Crippen LogP contribution in [0.25, 0.3) is 10.9 Å². The maximum Gasteiger partial charge on any atom is 0.319 e. The highest BCUT2D eigenvalue weighted by atomic mass is 35.5. The molecule has 0 spiro atoms. The zero-order valence-electron chi connectivity index (χ0n) is 10.4. The van der Waals surface area contributed by atoms with E-state index in [4.69, 9.17) is 11.6 Å². The quantitative estimate of drug-likeness (QED) is 0.757. The van der Waals surface area contributed by atoms with Gasteiger partial charge in [-0.25, -0.2) is 0 Å². The number of halogens is 1. The minimum Gasteiger partial charge on any atom is -0.480 e. The fraction of sp³-hybridized carbons (Fsp3) is 0.308. The molecule has 0 unspecified atom stereocenters. The Balaban J connectivity index is 1.92. The third-order valence-electron chi connectivity index (χ3n) is 3.83. The number of aliphatic carboxylic acids is 1. The van der Waals surface area contributed by atoms with Crippen molar-refractivity contribution in [3.8, 4) is 0 Å². The van der Waals surface area contributed by atoms with Crippen LogP contribution in [0.15, 0.2) is 18.2 Å². The van der Waals surface area contributed by atoms with Crippen molar-refractivity contribution in [2.45, 2.75) is 19.3 Å². The zero-order chi connectivity index (χ0) is 14.3. The molecule has 0 bridgehead atoms. The average Bonchev–Trinajstić information content (AvgIpc) is 2.72. The number of hydrogen-bond acceptors (Lipinski definition) is 3. The van der Waals surface area contributed by atoms with Crippen LogP contribution in [-0.4, -0.2) is 27.2 Å². The van der Waals surface area contributed by atoms with Crippen LogP contribution < -0.4 is 5.32 Å². The number of nitrogens with one attached hydrogen (secondary N) is 2. The Morgan fingerprint density at radius 3 is 2.75 bits per heavy atom. The smallest absolute Gasteiger partial charge is 0.319 e. The maximum absolute atomic E-state index is 12.2. The Morgan fingerprint density at radius 2 is 2.15 bits per heavy atom. The standard InChI is InChI=1S/C13H12ClN3O3/c14-8-4-1-3-7-9(8)16-17-10(7)15-11(18)13(12(19)20)5-2-6-13/h1,3-4H,2,5-6H2,(H,19,20)(H2,15,16,17,18). The summed E-state index contributed by atoms with van der Waals surface area (Å²) in [5.74, 6) is -1.30. The number of para-hydroxylation sites is 1. The van der Waals surface area contributed by atoms with Crippen LogP contribution in [0.5, 0.6) is 0 Å². The third-order valence-corrected chi connectivity index (χ3v) is 4.15. The van der Waals surface area contributed by atoms with Gasteiger partial charge in [-0.1, -0.05) is 24.1 Å². The number of amides is 1. The number of aromatic nitrogens is 2. The van der Waals surface area contributed by atoms with Gasteiger partial charge in [-0.3, -0.25) is 14.7 Å². The van der Waals surface area contributed by atoms with Gasteiger partial charge in [0.1, 0.15) is 5.41 Å². The number of carboxylic acid groups (broad SMARTS) is 1. The molecule has 1 amide bonds. The minimum atomic E-state index is -1.32. The summed E-state index contributed by atoms with van der Waals surface area (Å²) in [6, 6.07) is 5.21. The molecule has 1 aliphatic rings. The molecule has 1 saturated carbocycles. The number of H-pyrrole nitrogens is 1. The molecule has 3 N–H and O–H groups in total. The molecule has 0 aliphatic heterocycles. The lowest BCUT2D eigenvalue weighted by molar-refractivity contribution is -0.159. The van der Waals surface area contributed by atoms with Crippen LogP contribution in [0.4, 0.5) is 5.82 Å². The normalized spacial score (nSPS) is 16.6. The number of anilines is 1. The van der Waals surface area contributed by atoms with Crippen molar-refractivity contribution in [2.75, 3.05) is 5.32 Å². The van der Waals surface area contributed by atoms with E-state index >= 15 is 0 Å². The summed E-state index contributed by atoms with van der Waals surface area (Å²) in [6.07, 6.45) is 1.46. The molecule has 6 nitrogen and oxygen atoms in total. The number of nitrogens with zero attached hydrogens (tertiary/aromatic N) is 1. The fourth-order valence-corrected chi connectivity index (χ4v) is 2.61. The van der Waals surface area contributed by atoms with Crippen molar-refractivity contribution >= 4 is 40.2 Å². The Bertz CT molecular complexity index is 706. The molecule has 3 rings (SSSR count). The van der Waals surface area contributed by atoms with E-state index in [-0.39, 0.29) is 0 Å². The Morgan fingerprint density at radius 1 is 1.40 bits per heavy atom. The molecule has 1 aliphatic carbocycles. The average molecular weight is 294 g/mol. The van der Waals surface area contributed by atoms with E-state index in [0.29, 0.717) is 34.6 Å². The van der Waals surface area contributed by atoms with Crippen LogP contribution in [0.1, 0.15) is 19.3 Å². The summed E-state index contributed by atoms with van der Waals surface area (Å²) in [4.78, 5) is 23.5. The molecule has 0 atom stereocenters. The van der Waals surface area contributed by atoms with Gasteiger partial charge in [-0.15, -0.1) is 0 Å². The number of aromatic amines is 1. The summed E-state index contributed by atoms with van der Waals surface area (Å²) >= 11 is 6.01. The highest BCUT2D eigenvalue weighted by molar-refractivity contribution is 6.35. The second kappa shape index (κ2) is 4.49. The zero-order valence-corrected chi connectivity index (χ0v) is 11.2. The van der Waals surface area contributed by atoms with Gasteiger partial charge in [-0.05, 0) is 25.0 Å². The monoisotopic (exact) mass is 293 g/mol. The van der Waals surface area contributed by atoms with E-state index in [1.165, 1.54) is 0 Å². The Kier molecular flexibility index (Phi) is 2.90. The number of carbonyl (C=O) groups is 2. The largest absolute Gasteiger partial charge is 0.480 e. The molecule has 1 aromatic carbocycles. The molecule has 0 saturated heterocycles. The van der Waals surface area contributed by atoms with Crippen molar-refractivity contribution in [2.24, 2.45) is 5.41 Å². The molecule has 1 fully saturated rings. The number of hydrogen-bond donors (Lipinski definition) is 3. The first-order valence-electron chi connectivity index (χ1n) is 6.22. The van der Waals surface area contributed by atoms with E-state index in [0.717, 1.165) is 6.42 Å². The number of rotatable bonds is 3. The summed E-state index contributed by atoms with van der Waals surface area (Å²) in [7, 11) is 0. The van der Waals surface area contributed by atoms with Crippen LogP contribution >= 0.6 is 11.6 Å². The van der Waals surface area contributed by atoms with Gasteiger partial charge in [0.25, 0.3) is 0 Å². The summed E-state index contributed by atoms with van der Waals surface area (Å²) in [5.41, 5.74) is -0.702. The lowest BCUT2D eigenvalue weighted by atomic mass is 9.68. The van der Waals surface area contributed by atoms with Gasteiger partial charge in [0.05, 0.1) is 10.5 Å². The van der Waals surface area contributed by atoms with Crippen LogP contribution in [-0.2, 0) is 9.59 Å². The predicted molar refractivity (Wildman–Crippen MR) is 73.7 cm³/mol. The van der Waals surface area contributed by atoms with E-state index in [1.807, 2.05) is 0 Å². The number of fused-ring (bicyclic) bond motifs is 1. The highest BCUT2D eigenvalue weighted by Crippen LogP contribution is 2.42. The van der Waals surface area contributed by atoms with Gasteiger partial charge >= 0.3 is 5.97 Å². The van der Waals surface area contributed by atoms with Gasteiger partial charge in [-0.2, -0.15) is 5.10 Å². The first-order valence-corrected chi connectivity index (χ1v) is 6.60. The first-order chi connectivity index (χ1) is 9.54. The fourth-order valence-electron chi connectivity index (χ4n) is 2.40. The molecule has 1 heterocycles. The van der Waals surface area contributed by atoms with E-state index < -0.39 is 17.3 Å². The van der Waals surface area contributed by atoms with Gasteiger partial charge < -0.3 is 10.4 Å². The third kappa shape index (κ3) is 1.76. The number of carbonyl (C=O) groups excluding carboxylic acids is 1. The van der Waals surface area contributed by atoms with Crippen LogP contribution in [0, 0.1) is 5.41 Å². The van der Waals surface area contributed by atoms with Crippen molar-refractivity contribution < 1.29 is 14.7 Å². The van der Waals surface area contributed by atoms with E-state index in [9.17, 15) is 14.7 Å². The van der Waals surface area contributed by atoms with Crippen LogP contribution in [0.2, 0.25) is 5.02 Å². The van der Waals surface area contributed by atoms with Crippen molar-refractivity contribution in [1.82, 2.24) is 10.2 Å². The molecule has 104 valence electrons. The van der Waals surface area contributed by atoms with Gasteiger partial charge in [0.2, 0.25) is 5.91 Å². The molecule has 2 aromatic rings. The first kappa shape index (κ1) is 12.9. The lowest BCUT2D eigenvalue weighted by Crippen LogP contribution is -2.48. The van der Waals surface area contributed by atoms with Crippen molar-refractivity contribution in [1.29, 1.82) is 0 Å². The van der Waals surface area contributed by atoms with Crippen molar-refractivity contribution in [3.05, 3.63) is 23.2 Å². The lowest BCUT2D eigenvalue weighted by Gasteiger charge is -2.35. The summed E-state index contributed by atoms with van der Waals surface area (Å²) < 4.78 is 0. The molecular formula is C13H12ClN3O3. The molecule has 0 radical (unpaired) electrons. The minimum absolute atomic E-state index is 0.306. The number of carboxylic acids is 1. The molecule has 1 aromatic heterocycles. The Hall–Kier alpha value is -2.08. The van der Waals surface area contributed by atoms with E-state index in [1.54, 1.807) is 18.2 Å². The van der Waals surface area contributed by atoms with Crippen molar-refractivity contribution in [3.63, 3.8) is 0 Å². The molecule has 20 heavy (non-hydrogen) atoms. The van der Waals surface area contributed by atoms with Gasteiger partial charge in [0, 0.05) is 5.39 Å². The van der Waals surface area contributed by atoms with Gasteiger partial charge in [0.15, 0.2) is 5.82 Å². The highest BCUT2D eigenvalue weighted by Gasteiger charge is 2.51. The SMILES string of the molecule is O=C(O)C1(C(=O)Nc2n[nH]c3c(Cl)cccc23)CCC1. The predicted octanol–water partition coefficient (Wildman–Crippen LogP) is 2.41. The second-order valence-electron chi connectivity index (χ2n) is 4.93. The van der Waals surface area contributed by atoms with E-state index in [2.05, 4.69) is 15.5 Å². The maximum atomic E-state index is 12.2. The Labute approximate surface area is 119 Å². The number of benzene rings is 1. The molecular weight excluding hydrogens is 282 g/mol. The topological polar surface area (TPSA) is 95.1 Å². The summed E-state index contributed by atoms with van der Waals surface area (Å²) in [5, 5.41) is 19.7. The van der Waals surface area contributed by atoms with Crippen LogP contribution in [0.3, 0.4) is 0 Å². The second-order valence-corrected chi connectivity index (χ2v) is 5.34.